The fourth-order valence-corrected chi connectivity index (χ4v) is 2.60. The Morgan fingerprint density at radius 3 is 2.50 bits per heavy atom. The van der Waals surface area contributed by atoms with Crippen LogP contribution in [-0.4, -0.2) is 30.2 Å². The van der Waals surface area contributed by atoms with Gasteiger partial charge in [0.1, 0.15) is 12.4 Å². The second kappa shape index (κ2) is 12.3. The van der Waals surface area contributed by atoms with E-state index in [0.29, 0.717) is 17.2 Å². The summed E-state index contributed by atoms with van der Waals surface area (Å²) in [4.78, 5) is 35.6. The van der Waals surface area contributed by atoms with E-state index < -0.39 is 17.7 Å². The van der Waals surface area contributed by atoms with Crippen molar-refractivity contribution < 1.29 is 19.1 Å². The Labute approximate surface area is 159 Å². The smallest absolute Gasteiger partial charge is 0.220 e. The Kier molecular flexibility index (Phi) is 10.4. The third kappa shape index (κ3) is 8.85. The Bertz CT molecular complexity index is 607. The van der Waals surface area contributed by atoms with Crippen LogP contribution in [0.1, 0.15) is 51.9 Å². The van der Waals surface area contributed by atoms with Crippen LogP contribution in [0.25, 0.3) is 0 Å². The highest BCUT2D eigenvalue weighted by Crippen LogP contribution is 2.23. The highest BCUT2D eigenvalue weighted by Gasteiger charge is 2.23. The van der Waals surface area contributed by atoms with Crippen molar-refractivity contribution in [3.8, 4) is 5.75 Å². The summed E-state index contributed by atoms with van der Waals surface area (Å²) < 4.78 is 5.38. The number of nitrogens with two attached hydrogens (primary N) is 1. The first-order chi connectivity index (χ1) is 12.4. The second-order valence-electron chi connectivity index (χ2n) is 6.14. The number of rotatable bonds is 13. The molecule has 0 saturated carbocycles. The molecule has 1 rings (SSSR count). The van der Waals surface area contributed by atoms with E-state index in [1.54, 1.807) is 24.3 Å². The van der Waals surface area contributed by atoms with Crippen molar-refractivity contribution in [2.45, 2.75) is 57.9 Å². The molecule has 26 heavy (non-hydrogen) atoms. The third-order valence-electron chi connectivity index (χ3n) is 3.84. The molecule has 0 aliphatic heterocycles. The van der Waals surface area contributed by atoms with Crippen LogP contribution in [0, 0.1) is 0 Å². The average Bonchev–Trinajstić information content (AvgIpc) is 2.59. The molecule has 0 unspecified atom stereocenters. The molecule has 144 valence electrons. The van der Waals surface area contributed by atoms with Crippen molar-refractivity contribution in [3.05, 3.63) is 29.3 Å². The maximum Gasteiger partial charge on any atom is 0.220 e. The number of carbonyl (C=O) groups excluding carboxylic acids is 3. The summed E-state index contributed by atoms with van der Waals surface area (Å²) in [6.45, 7) is 1.82. The number of hydrogen-bond acceptors (Lipinski definition) is 4. The number of ether oxygens (including phenoxy) is 1. The third-order valence-corrected chi connectivity index (χ3v) is 4.16. The van der Waals surface area contributed by atoms with Crippen LogP contribution in [0.4, 0.5) is 0 Å². The van der Waals surface area contributed by atoms with Gasteiger partial charge < -0.3 is 15.8 Å². The van der Waals surface area contributed by atoms with Gasteiger partial charge in [0.15, 0.2) is 5.78 Å². The van der Waals surface area contributed by atoms with Crippen molar-refractivity contribution in [1.82, 2.24) is 5.32 Å². The molecule has 1 atom stereocenters. The molecular weight excluding hydrogens is 356 g/mol. The Morgan fingerprint density at radius 1 is 1.15 bits per heavy atom. The maximum atomic E-state index is 12.3. The predicted molar refractivity (Wildman–Crippen MR) is 101 cm³/mol. The molecule has 0 aliphatic rings. The van der Waals surface area contributed by atoms with Gasteiger partial charge in [-0.15, -0.1) is 0 Å². The van der Waals surface area contributed by atoms with Gasteiger partial charge in [0, 0.05) is 6.42 Å². The average molecular weight is 383 g/mol. The van der Waals surface area contributed by atoms with E-state index in [9.17, 15) is 14.4 Å². The first-order valence-electron chi connectivity index (χ1n) is 8.91. The molecule has 0 bridgehead atoms. The number of benzene rings is 1. The van der Waals surface area contributed by atoms with E-state index in [0.717, 1.165) is 32.1 Å². The highest BCUT2D eigenvalue weighted by molar-refractivity contribution is 6.32. The summed E-state index contributed by atoms with van der Waals surface area (Å²) in [6.07, 6.45) is 5.13. The topological polar surface area (TPSA) is 98.5 Å². The van der Waals surface area contributed by atoms with E-state index in [2.05, 4.69) is 12.2 Å². The SMILES string of the molecule is CCCCCCCC(=O)N[C@H](CC(N)=O)C(=O)COc1ccccc1Cl. The molecular formula is C19H27ClN2O4. The van der Waals surface area contributed by atoms with Crippen LogP contribution in [0.3, 0.4) is 0 Å². The van der Waals surface area contributed by atoms with Crippen molar-refractivity contribution in [1.29, 1.82) is 0 Å². The molecule has 1 aromatic rings. The fraction of sp³-hybridized carbons (Fsp3) is 0.526. The number of carbonyl (C=O) groups is 3. The summed E-state index contributed by atoms with van der Waals surface area (Å²) in [5.74, 6) is -0.992. The molecule has 2 amide bonds. The molecule has 0 radical (unpaired) electrons. The van der Waals surface area contributed by atoms with E-state index in [1.165, 1.54) is 0 Å². The Morgan fingerprint density at radius 2 is 1.85 bits per heavy atom. The van der Waals surface area contributed by atoms with Crippen LogP contribution < -0.4 is 15.8 Å². The zero-order chi connectivity index (χ0) is 19.4. The number of halogens is 1. The molecule has 3 N–H and O–H groups in total. The van der Waals surface area contributed by atoms with Gasteiger partial charge in [0.05, 0.1) is 17.5 Å². The van der Waals surface area contributed by atoms with Crippen molar-refractivity contribution >= 4 is 29.2 Å². The lowest BCUT2D eigenvalue weighted by Gasteiger charge is -2.17. The highest BCUT2D eigenvalue weighted by atomic mass is 35.5. The molecule has 0 aliphatic carbocycles. The van der Waals surface area contributed by atoms with Gasteiger partial charge in [-0.3, -0.25) is 14.4 Å². The lowest BCUT2D eigenvalue weighted by molar-refractivity contribution is -0.131. The number of primary amides is 1. The van der Waals surface area contributed by atoms with Gasteiger partial charge in [0.2, 0.25) is 11.8 Å². The number of nitrogens with one attached hydrogen (secondary N) is 1. The Hall–Kier alpha value is -2.08. The molecule has 0 saturated heterocycles. The van der Waals surface area contributed by atoms with Gasteiger partial charge in [-0.25, -0.2) is 0 Å². The van der Waals surface area contributed by atoms with Crippen LogP contribution in [0.15, 0.2) is 24.3 Å². The van der Waals surface area contributed by atoms with Gasteiger partial charge in [-0.05, 0) is 18.6 Å². The predicted octanol–water partition coefficient (Wildman–Crippen LogP) is 3.01. The second-order valence-corrected chi connectivity index (χ2v) is 6.55. The van der Waals surface area contributed by atoms with Crippen molar-refractivity contribution in [3.63, 3.8) is 0 Å². The first-order valence-corrected chi connectivity index (χ1v) is 9.29. The van der Waals surface area contributed by atoms with Crippen LogP contribution in [0.5, 0.6) is 5.75 Å². The van der Waals surface area contributed by atoms with E-state index in [4.69, 9.17) is 22.1 Å². The first kappa shape index (κ1) is 22.0. The van der Waals surface area contributed by atoms with E-state index in [1.807, 2.05) is 0 Å². The number of hydrogen-bond donors (Lipinski definition) is 2. The van der Waals surface area contributed by atoms with Crippen LogP contribution in [-0.2, 0) is 14.4 Å². The number of amides is 2. The summed E-state index contributed by atoms with van der Waals surface area (Å²) in [6, 6.07) is 5.76. The zero-order valence-corrected chi connectivity index (χ0v) is 15.9. The quantitative estimate of drug-likeness (QED) is 0.512. The zero-order valence-electron chi connectivity index (χ0n) is 15.1. The normalized spacial score (nSPS) is 11.6. The van der Waals surface area contributed by atoms with Gasteiger partial charge >= 0.3 is 0 Å². The lowest BCUT2D eigenvalue weighted by atomic mass is 10.1. The van der Waals surface area contributed by atoms with Gasteiger partial charge in [-0.1, -0.05) is 56.3 Å². The Balaban J connectivity index is 2.51. The minimum absolute atomic E-state index is 0.258. The molecule has 1 aromatic carbocycles. The fourth-order valence-electron chi connectivity index (χ4n) is 2.41. The van der Waals surface area contributed by atoms with Crippen molar-refractivity contribution in [2.75, 3.05) is 6.61 Å². The standard InChI is InChI=1S/C19H27ClN2O4/c1-2-3-4-5-6-11-19(25)22-15(12-18(21)24)16(23)13-26-17-10-8-7-9-14(17)20/h7-10,15H,2-6,11-13H2,1H3,(H2,21,24)(H,22,25)/t15-/m1/s1. The number of para-hydroxylation sites is 1. The van der Waals surface area contributed by atoms with Crippen LogP contribution in [0.2, 0.25) is 5.02 Å². The molecule has 0 fully saturated rings. The number of unbranched alkanes of at least 4 members (excludes halogenated alkanes) is 4. The van der Waals surface area contributed by atoms with Crippen molar-refractivity contribution in [2.24, 2.45) is 5.73 Å². The molecule has 6 nitrogen and oxygen atoms in total. The van der Waals surface area contributed by atoms with Gasteiger partial charge in [0.25, 0.3) is 0 Å². The van der Waals surface area contributed by atoms with Crippen LogP contribution >= 0.6 is 11.6 Å². The molecule has 0 spiro atoms. The largest absolute Gasteiger partial charge is 0.484 e. The number of ketones is 1. The van der Waals surface area contributed by atoms with Gasteiger partial charge in [-0.2, -0.15) is 0 Å². The monoisotopic (exact) mass is 382 g/mol. The minimum Gasteiger partial charge on any atom is -0.484 e. The lowest BCUT2D eigenvalue weighted by Crippen LogP contribution is -2.45. The summed E-state index contributed by atoms with van der Waals surface area (Å²) in [5.41, 5.74) is 5.19. The molecule has 0 aromatic heterocycles. The summed E-state index contributed by atoms with van der Waals surface area (Å²) in [7, 11) is 0. The minimum atomic E-state index is -0.988. The number of Topliss-reactive ketones (excluding diaryl/α,β-unsaturated/α-hetero) is 1. The molecule has 7 heteroatoms. The summed E-state index contributed by atoms with van der Waals surface area (Å²) in [5, 5.41) is 2.97. The maximum absolute atomic E-state index is 12.3. The molecule has 0 heterocycles. The van der Waals surface area contributed by atoms with E-state index >= 15 is 0 Å². The van der Waals surface area contributed by atoms with E-state index in [-0.39, 0.29) is 18.9 Å². The summed E-state index contributed by atoms with van der Waals surface area (Å²) >= 11 is 5.97.